The van der Waals surface area contributed by atoms with Crippen molar-refractivity contribution in [2.45, 2.75) is 32.4 Å². The summed E-state index contributed by atoms with van der Waals surface area (Å²) in [6.45, 7) is 4.54. The number of rotatable bonds is 11. The number of aliphatic hydroxyl groups is 1. The Hall–Kier alpha value is -3.72. The second-order valence-electron chi connectivity index (χ2n) is 8.45. The molecule has 36 heavy (non-hydrogen) atoms. The van der Waals surface area contributed by atoms with E-state index in [1.807, 2.05) is 13.8 Å². The Bertz CT molecular complexity index is 1140. The number of methoxy groups -OCH3 is 4. The van der Waals surface area contributed by atoms with E-state index in [2.05, 4.69) is 0 Å². The third kappa shape index (κ3) is 5.41. The van der Waals surface area contributed by atoms with Gasteiger partial charge in [-0.3, -0.25) is 9.59 Å². The second kappa shape index (κ2) is 11.8. The fraction of sp³-hybridized carbons (Fsp3) is 0.407. The predicted molar refractivity (Wildman–Crippen MR) is 134 cm³/mol. The summed E-state index contributed by atoms with van der Waals surface area (Å²) < 4.78 is 27.1. The van der Waals surface area contributed by atoms with Gasteiger partial charge >= 0.3 is 0 Å². The summed E-state index contributed by atoms with van der Waals surface area (Å²) >= 11 is 0. The van der Waals surface area contributed by atoms with Gasteiger partial charge in [-0.25, -0.2) is 0 Å². The van der Waals surface area contributed by atoms with Gasteiger partial charge in [-0.2, -0.15) is 0 Å². The lowest BCUT2D eigenvalue weighted by Gasteiger charge is -2.26. The molecule has 1 aliphatic rings. The van der Waals surface area contributed by atoms with Crippen LogP contribution in [0.3, 0.4) is 0 Å². The molecule has 1 saturated heterocycles. The first-order valence-electron chi connectivity index (χ1n) is 11.6. The Labute approximate surface area is 211 Å². The smallest absolute Gasteiger partial charge is 0.295 e. The van der Waals surface area contributed by atoms with Gasteiger partial charge in [0.15, 0.2) is 11.5 Å². The number of carbonyl (C=O) groups is 2. The molecule has 0 saturated carbocycles. The third-order valence-corrected chi connectivity index (χ3v) is 5.92. The number of ether oxygens (including phenoxy) is 5. The van der Waals surface area contributed by atoms with Crippen LogP contribution in [0.25, 0.3) is 5.76 Å². The molecule has 9 heteroatoms. The van der Waals surface area contributed by atoms with Gasteiger partial charge in [0.05, 0.1) is 51.7 Å². The molecular weight excluding hydrogens is 466 g/mol. The van der Waals surface area contributed by atoms with Gasteiger partial charge in [0.1, 0.15) is 17.3 Å². The van der Waals surface area contributed by atoms with Crippen LogP contribution in [0.5, 0.6) is 23.0 Å². The second-order valence-corrected chi connectivity index (χ2v) is 8.45. The summed E-state index contributed by atoms with van der Waals surface area (Å²) in [6.07, 6.45) is 0.561. The summed E-state index contributed by atoms with van der Waals surface area (Å²) in [7, 11) is 5.99. The standard InChI is InChI=1S/C27H33NO8/c1-16(2)36-13-7-12-28-24(17-8-11-20(33-4)22(14-17)35-6)23(26(30)27(28)31)25(29)19-10-9-18(32-3)15-21(19)34-5/h8-11,14-16,24,29H,7,12-13H2,1-6H3/b25-23+. The van der Waals surface area contributed by atoms with Crippen molar-refractivity contribution < 1.29 is 38.4 Å². The number of hydrogen-bond acceptors (Lipinski definition) is 8. The Morgan fingerprint density at radius 3 is 2.22 bits per heavy atom. The molecule has 1 unspecified atom stereocenters. The van der Waals surface area contributed by atoms with E-state index in [4.69, 9.17) is 23.7 Å². The molecule has 2 aromatic rings. The topological polar surface area (TPSA) is 104 Å². The van der Waals surface area contributed by atoms with E-state index in [-0.39, 0.29) is 29.5 Å². The monoisotopic (exact) mass is 499 g/mol. The number of nitrogens with zero attached hydrogens (tertiary/aromatic N) is 1. The van der Waals surface area contributed by atoms with Gasteiger partial charge in [0, 0.05) is 19.2 Å². The minimum atomic E-state index is -0.851. The number of hydrogen-bond donors (Lipinski definition) is 1. The van der Waals surface area contributed by atoms with Gasteiger partial charge < -0.3 is 33.7 Å². The van der Waals surface area contributed by atoms with Crippen molar-refractivity contribution in [3.05, 3.63) is 53.1 Å². The van der Waals surface area contributed by atoms with E-state index in [1.165, 1.54) is 33.3 Å². The van der Waals surface area contributed by atoms with Crippen LogP contribution in [-0.4, -0.2) is 69.4 Å². The summed E-state index contributed by atoms with van der Waals surface area (Å²) in [6, 6.07) is 9.12. The van der Waals surface area contributed by atoms with Crippen LogP contribution in [0.4, 0.5) is 0 Å². The summed E-state index contributed by atoms with van der Waals surface area (Å²) in [4.78, 5) is 27.9. The fourth-order valence-corrected chi connectivity index (χ4v) is 4.17. The zero-order valence-electron chi connectivity index (χ0n) is 21.5. The van der Waals surface area contributed by atoms with Crippen LogP contribution in [0.1, 0.15) is 37.4 Å². The highest BCUT2D eigenvalue weighted by Crippen LogP contribution is 2.43. The van der Waals surface area contributed by atoms with Crippen LogP contribution in [-0.2, 0) is 14.3 Å². The molecule has 3 rings (SSSR count). The largest absolute Gasteiger partial charge is 0.507 e. The maximum Gasteiger partial charge on any atom is 0.295 e. The number of aliphatic hydroxyl groups excluding tert-OH is 1. The Kier molecular flexibility index (Phi) is 8.82. The van der Waals surface area contributed by atoms with Crippen molar-refractivity contribution in [1.29, 1.82) is 0 Å². The van der Waals surface area contributed by atoms with Crippen LogP contribution < -0.4 is 18.9 Å². The average Bonchev–Trinajstić information content (AvgIpc) is 3.14. The molecule has 0 aromatic heterocycles. The van der Waals surface area contributed by atoms with E-state index >= 15 is 0 Å². The quantitative estimate of drug-likeness (QED) is 0.215. The molecular formula is C27H33NO8. The van der Waals surface area contributed by atoms with Crippen LogP contribution in [0.2, 0.25) is 0 Å². The SMILES string of the molecule is COc1ccc(/C(O)=C2\C(=O)C(=O)N(CCCOC(C)C)C2c2ccc(OC)c(OC)c2)c(OC)c1. The van der Waals surface area contributed by atoms with Crippen LogP contribution in [0.15, 0.2) is 42.0 Å². The summed E-state index contributed by atoms with van der Waals surface area (Å²) in [5.41, 5.74) is 0.816. The zero-order chi connectivity index (χ0) is 26.4. The van der Waals surface area contributed by atoms with E-state index in [0.717, 1.165) is 0 Å². The molecule has 2 aromatic carbocycles. The molecule has 0 radical (unpaired) electrons. The molecule has 1 heterocycles. The molecule has 0 aliphatic carbocycles. The number of amides is 1. The minimum absolute atomic E-state index is 0.0412. The van der Waals surface area contributed by atoms with E-state index in [1.54, 1.807) is 36.4 Å². The van der Waals surface area contributed by atoms with Gasteiger partial charge in [0.2, 0.25) is 0 Å². The first kappa shape index (κ1) is 26.9. The molecule has 0 spiro atoms. The first-order valence-corrected chi connectivity index (χ1v) is 11.6. The van der Waals surface area contributed by atoms with Crippen molar-refractivity contribution in [3.63, 3.8) is 0 Å². The fourth-order valence-electron chi connectivity index (χ4n) is 4.17. The van der Waals surface area contributed by atoms with Gasteiger partial charge in [0.25, 0.3) is 11.7 Å². The molecule has 1 aliphatic heterocycles. The number of benzene rings is 2. The molecule has 9 nitrogen and oxygen atoms in total. The van der Waals surface area contributed by atoms with Crippen molar-refractivity contribution in [2.24, 2.45) is 0 Å². The minimum Gasteiger partial charge on any atom is -0.507 e. The van der Waals surface area contributed by atoms with Gasteiger partial charge in [-0.05, 0) is 50.1 Å². The third-order valence-electron chi connectivity index (χ3n) is 5.92. The van der Waals surface area contributed by atoms with Crippen molar-refractivity contribution in [3.8, 4) is 23.0 Å². The highest BCUT2D eigenvalue weighted by molar-refractivity contribution is 6.46. The molecule has 1 atom stereocenters. The first-order chi connectivity index (χ1) is 17.3. The lowest BCUT2D eigenvalue weighted by atomic mass is 9.94. The highest BCUT2D eigenvalue weighted by atomic mass is 16.5. The normalized spacial score (nSPS) is 17.0. The van der Waals surface area contributed by atoms with Crippen LogP contribution >= 0.6 is 0 Å². The Balaban J connectivity index is 2.15. The van der Waals surface area contributed by atoms with Gasteiger partial charge in [-0.1, -0.05) is 6.07 Å². The van der Waals surface area contributed by atoms with E-state index < -0.39 is 17.7 Å². The average molecular weight is 500 g/mol. The molecule has 0 bridgehead atoms. The van der Waals surface area contributed by atoms with Crippen LogP contribution in [0, 0.1) is 0 Å². The van der Waals surface area contributed by atoms with Gasteiger partial charge in [-0.15, -0.1) is 0 Å². The molecule has 194 valence electrons. The maximum atomic E-state index is 13.3. The zero-order valence-corrected chi connectivity index (χ0v) is 21.5. The lowest BCUT2D eigenvalue weighted by molar-refractivity contribution is -0.140. The number of Topliss-reactive ketones (excluding diaryl/α,β-unsaturated/α-hetero) is 1. The summed E-state index contributed by atoms with van der Waals surface area (Å²) in [5, 5.41) is 11.4. The molecule has 1 amide bonds. The van der Waals surface area contributed by atoms with E-state index in [0.29, 0.717) is 41.6 Å². The number of likely N-dealkylation sites (tertiary alicyclic amines) is 1. The lowest BCUT2D eigenvalue weighted by Crippen LogP contribution is -2.31. The highest BCUT2D eigenvalue weighted by Gasteiger charge is 2.46. The number of ketones is 1. The van der Waals surface area contributed by atoms with Crippen molar-refractivity contribution in [2.75, 3.05) is 41.6 Å². The van der Waals surface area contributed by atoms with Crippen molar-refractivity contribution in [1.82, 2.24) is 4.90 Å². The van der Waals surface area contributed by atoms with Crippen molar-refractivity contribution >= 4 is 17.4 Å². The maximum absolute atomic E-state index is 13.3. The molecule has 1 N–H and O–H groups in total. The summed E-state index contributed by atoms with van der Waals surface area (Å²) in [5.74, 6) is -0.0668. The Morgan fingerprint density at radius 1 is 0.917 bits per heavy atom. The molecule has 1 fully saturated rings. The van der Waals surface area contributed by atoms with E-state index in [9.17, 15) is 14.7 Å². The predicted octanol–water partition coefficient (Wildman–Crippen LogP) is 3.96. The number of carbonyl (C=O) groups excluding carboxylic acids is 2. The Morgan fingerprint density at radius 2 is 1.61 bits per heavy atom.